The number of carbonyl (C=O) groups excluding carboxylic acids is 2. The summed E-state index contributed by atoms with van der Waals surface area (Å²) < 4.78 is 5.24. The molecule has 1 aromatic heterocycles. The maximum atomic E-state index is 13.0. The molecule has 8 heteroatoms. The van der Waals surface area contributed by atoms with Crippen LogP contribution >= 0.6 is 0 Å². The van der Waals surface area contributed by atoms with Gasteiger partial charge in [0.1, 0.15) is 19.6 Å². The molecule has 0 spiro atoms. The van der Waals surface area contributed by atoms with E-state index in [-0.39, 0.29) is 5.56 Å². The van der Waals surface area contributed by atoms with Crippen molar-refractivity contribution in [2.45, 2.75) is 19.6 Å². The van der Waals surface area contributed by atoms with E-state index in [1.54, 1.807) is 54.7 Å². The monoisotopic (exact) mass is 468 g/mol. The molecule has 0 aliphatic carbocycles. The Labute approximate surface area is 199 Å². The minimum Gasteiger partial charge on any atom is -0.497 e. The summed E-state index contributed by atoms with van der Waals surface area (Å²) in [5, 5.41) is 14.4. The molecule has 0 atom stereocenters. The molecule has 2 amide bonds. The Kier molecular flexibility index (Phi) is 7.47. The molecular weight excluding hydrogens is 444 g/mol. The van der Waals surface area contributed by atoms with Crippen LogP contribution in [0.3, 0.4) is 0 Å². The van der Waals surface area contributed by atoms with E-state index in [0.717, 1.165) is 5.56 Å². The van der Waals surface area contributed by atoms with Crippen molar-refractivity contribution < 1.29 is 14.3 Å². The van der Waals surface area contributed by atoms with Crippen molar-refractivity contribution in [1.29, 1.82) is 5.26 Å². The third-order valence-corrected chi connectivity index (χ3v) is 5.46. The van der Waals surface area contributed by atoms with E-state index in [2.05, 4.69) is 46.7 Å². The van der Waals surface area contributed by atoms with Gasteiger partial charge in [-0.05, 0) is 54.6 Å². The summed E-state index contributed by atoms with van der Waals surface area (Å²) in [7, 11) is -0.00774. The first-order valence-corrected chi connectivity index (χ1v) is 14.0. The number of carbonyl (C=O) groups is 2. The summed E-state index contributed by atoms with van der Waals surface area (Å²) in [6.07, 6.45) is 1.61. The Balaban J connectivity index is 1.80. The van der Waals surface area contributed by atoms with Crippen LogP contribution in [0.15, 0.2) is 60.8 Å². The summed E-state index contributed by atoms with van der Waals surface area (Å²) in [6, 6.07) is 16.5. The van der Waals surface area contributed by atoms with Crippen molar-refractivity contribution in [2.24, 2.45) is 0 Å². The van der Waals surface area contributed by atoms with E-state index in [0.29, 0.717) is 28.4 Å². The molecule has 0 saturated heterocycles. The molecule has 3 rings (SSSR count). The van der Waals surface area contributed by atoms with Crippen LogP contribution < -0.4 is 15.4 Å². The lowest BCUT2D eigenvalue weighted by Crippen LogP contribution is -2.19. The zero-order valence-corrected chi connectivity index (χ0v) is 20.4. The first-order chi connectivity index (χ1) is 16.2. The molecule has 0 bridgehead atoms. The molecule has 0 fully saturated rings. The second kappa shape index (κ2) is 10.5. The normalized spacial score (nSPS) is 10.3. The van der Waals surface area contributed by atoms with Gasteiger partial charge in [0, 0.05) is 17.3 Å². The van der Waals surface area contributed by atoms with E-state index in [1.807, 2.05) is 6.07 Å². The van der Waals surface area contributed by atoms with E-state index in [9.17, 15) is 9.59 Å². The largest absolute Gasteiger partial charge is 0.497 e. The average Bonchev–Trinajstić information content (AvgIpc) is 2.83. The van der Waals surface area contributed by atoms with Crippen molar-refractivity contribution in [3.63, 3.8) is 0 Å². The van der Waals surface area contributed by atoms with Gasteiger partial charge >= 0.3 is 0 Å². The van der Waals surface area contributed by atoms with Crippen molar-refractivity contribution in [3.05, 3.63) is 83.0 Å². The molecule has 0 radical (unpaired) electrons. The molecule has 3 aromatic rings. The summed E-state index contributed by atoms with van der Waals surface area (Å²) in [4.78, 5) is 30.0. The van der Waals surface area contributed by atoms with Gasteiger partial charge in [-0.1, -0.05) is 25.6 Å². The highest BCUT2D eigenvalue weighted by molar-refractivity contribution is 6.83. The fraction of sp³-hybridized carbons (Fsp3) is 0.154. The van der Waals surface area contributed by atoms with Gasteiger partial charge in [-0.25, -0.2) is 4.98 Å². The molecule has 170 valence electrons. The first kappa shape index (κ1) is 24.2. The molecule has 2 aromatic carbocycles. The highest BCUT2D eigenvalue weighted by Gasteiger charge is 2.17. The molecule has 1 heterocycles. The molecule has 0 aliphatic rings. The van der Waals surface area contributed by atoms with E-state index < -0.39 is 19.9 Å². The second-order valence-corrected chi connectivity index (χ2v) is 13.2. The van der Waals surface area contributed by atoms with Crippen LogP contribution in [0.2, 0.25) is 19.6 Å². The predicted molar refractivity (Wildman–Crippen MR) is 135 cm³/mol. The fourth-order valence-electron chi connectivity index (χ4n) is 2.82. The van der Waals surface area contributed by atoms with E-state index >= 15 is 0 Å². The Bertz CT molecular complexity index is 1310. The number of nitrogens with one attached hydrogen (secondary N) is 2. The number of hydrogen-bond acceptors (Lipinski definition) is 5. The van der Waals surface area contributed by atoms with Gasteiger partial charge < -0.3 is 15.4 Å². The number of benzene rings is 2. The van der Waals surface area contributed by atoms with Crippen LogP contribution in [-0.2, 0) is 0 Å². The highest BCUT2D eigenvalue weighted by atomic mass is 28.3. The number of hydrogen-bond donors (Lipinski definition) is 2. The van der Waals surface area contributed by atoms with Gasteiger partial charge in [0.25, 0.3) is 11.8 Å². The minimum absolute atomic E-state index is 0.214. The van der Waals surface area contributed by atoms with Gasteiger partial charge in [0.15, 0.2) is 0 Å². The van der Waals surface area contributed by atoms with Crippen LogP contribution in [0.4, 0.5) is 11.5 Å². The quantitative estimate of drug-likeness (QED) is 0.417. The molecule has 7 nitrogen and oxygen atoms in total. The third-order valence-electron chi connectivity index (χ3n) is 4.58. The van der Waals surface area contributed by atoms with Crippen molar-refractivity contribution in [2.75, 3.05) is 17.7 Å². The highest BCUT2D eigenvalue weighted by Crippen LogP contribution is 2.24. The lowest BCUT2D eigenvalue weighted by molar-refractivity contribution is 0.102. The predicted octanol–water partition coefficient (Wildman–Crippen LogP) is 4.70. The van der Waals surface area contributed by atoms with Gasteiger partial charge in [-0.2, -0.15) is 5.26 Å². The van der Waals surface area contributed by atoms with Gasteiger partial charge in [0.2, 0.25) is 0 Å². The Morgan fingerprint density at radius 2 is 1.65 bits per heavy atom. The van der Waals surface area contributed by atoms with Crippen LogP contribution in [-0.4, -0.2) is 32.0 Å². The molecule has 0 aliphatic heterocycles. The van der Waals surface area contributed by atoms with Gasteiger partial charge in [0.05, 0.1) is 30.0 Å². The van der Waals surface area contributed by atoms with Crippen LogP contribution in [0.5, 0.6) is 5.75 Å². The maximum Gasteiger partial charge on any atom is 0.259 e. The first-order valence-electron chi connectivity index (χ1n) is 10.5. The molecular formula is C26H24N4O3Si. The molecule has 2 N–H and O–H groups in total. The third kappa shape index (κ3) is 6.55. The standard InChI is InChI=1S/C26H24N4O3Si/c1-33-21-10-11-23(29-25(31)20-8-5-18(16-27)6-9-20)22(15-21)26(32)30-24-12-7-19(17-28-24)13-14-34(2,3)4/h5-12,15,17H,1-4H3,(H,29,31)(H,28,30,32). The van der Waals surface area contributed by atoms with Crippen LogP contribution in [0.1, 0.15) is 31.8 Å². The Morgan fingerprint density at radius 3 is 2.24 bits per heavy atom. The number of ether oxygens (including phenoxy) is 1. The minimum atomic E-state index is -1.50. The average molecular weight is 469 g/mol. The number of methoxy groups -OCH3 is 1. The summed E-state index contributed by atoms with van der Waals surface area (Å²) in [5.74, 6) is 3.08. The number of aromatic nitrogens is 1. The van der Waals surface area contributed by atoms with Gasteiger partial charge in [-0.15, -0.1) is 5.54 Å². The van der Waals surface area contributed by atoms with Crippen molar-refractivity contribution in [3.8, 4) is 23.3 Å². The summed E-state index contributed by atoms with van der Waals surface area (Å²) in [6.45, 7) is 6.48. The maximum absolute atomic E-state index is 13.0. The SMILES string of the molecule is COc1ccc(NC(=O)c2ccc(C#N)cc2)c(C(=O)Nc2ccc(C#C[Si](C)(C)C)cn2)c1. The lowest BCUT2D eigenvalue weighted by Gasteiger charge is -2.13. The van der Waals surface area contributed by atoms with Crippen molar-refractivity contribution in [1.82, 2.24) is 4.98 Å². The fourth-order valence-corrected chi connectivity index (χ4v) is 3.34. The Morgan fingerprint density at radius 1 is 0.941 bits per heavy atom. The number of nitrogens with zero attached hydrogens (tertiary/aromatic N) is 2. The van der Waals surface area contributed by atoms with E-state index in [4.69, 9.17) is 10.00 Å². The number of nitriles is 1. The zero-order valence-electron chi connectivity index (χ0n) is 19.4. The molecule has 34 heavy (non-hydrogen) atoms. The van der Waals surface area contributed by atoms with Crippen molar-refractivity contribution >= 4 is 31.4 Å². The topological polar surface area (TPSA) is 104 Å². The number of anilines is 2. The summed E-state index contributed by atoms with van der Waals surface area (Å²) >= 11 is 0. The smallest absolute Gasteiger partial charge is 0.259 e. The molecule has 0 unspecified atom stereocenters. The second-order valence-electron chi connectivity index (χ2n) is 8.44. The Hall–Kier alpha value is -4.40. The van der Waals surface area contributed by atoms with Crippen LogP contribution in [0, 0.1) is 22.8 Å². The number of pyridine rings is 1. The van der Waals surface area contributed by atoms with Gasteiger partial charge in [-0.3, -0.25) is 9.59 Å². The number of rotatable bonds is 5. The summed E-state index contributed by atoms with van der Waals surface area (Å²) in [5.41, 5.74) is 5.38. The van der Waals surface area contributed by atoms with E-state index in [1.165, 1.54) is 13.2 Å². The molecule has 0 saturated carbocycles. The number of amides is 2. The zero-order chi connectivity index (χ0) is 24.7. The lowest BCUT2D eigenvalue weighted by atomic mass is 10.1. The van der Waals surface area contributed by atoms with Crippen LogP contribution in [0.25, 0.3) is 0 Å².